The second-order valence-corrected chi connectivity index (χ2v) is 4.59. The number of methoxy groups -OCH3 is 1. The highest BCUT2D eigenvalue weighted by Crippen LogP contribution is 2.17. The monoisotopic (exact) mass is 261 g/mol. The molecular formula is C14H15NO4. The van der Waals surface area contributed by atoms with Crippen molar-refractivity contribution in [1.29, 1.82) is 0 Å². The minimum Gasteiger partial charge on any atom is -0.468 e. The standard InChI is InChI=1S/C14H15NO4/c1-9-3-5-10(6-4-9)13(17)15-7-11(12(16)8-15)14(18)19-2/h3-6,11H,7-8H2,1-2H3. The Bertz CT molecular complexity index is 521. The van der Waals surface area contributed by atoms with Gasteiger partial charge in [0.15, 0.2) is 5.78 Å². The Hall–Kier alpha value is -2.17. The van der Waals surface area contributed by atoms with Gasteiger partial charge in [0.2, 0.25) is 0 Å². The van der Waals surface area contributed by atoms with Crippen LogP contribution in [0.4, 0.5) is 0 Å². The zero-order valence-electron chi connectivity index (χ0n) is 10.9. The SMILES string of the molecule is COC(=O)C1CN(C(=O)c2ccc(C)cc2)CC1=O. The van der Waals surface area contributed by atoms with E-state index in [-0.39, 0.29) is 24.8 Å². The summed E-state index contributed by atoms with van der Waals surface area (Å²) in [5.74, 6) is -1.93. The predicted molar refractivity (Wildman–Crippen MR) is 67.6 cm³/mol. The average molecular weight is 261 g/mol. The maximum Gasteiger partial charge on any atom is 0.318 e. The third-order valence-corrected chi connectivity index (χ3v) is 3.21. The molecule has 1 heterocycles. The molecule has 1 atom stereocenters. The highest BCUT2D eigenvalue weighted by Gasteiger charge is 2.39. The summed E-state index contributed by atoms with van der Waals surface area (Å²) < 4.78 is 4.56. The Morgan fingerprint density at radius 2 is 1.89 bits per heavy atom. The summed E-state index contributed by atoms with van der Waals surface area (Å²) in [6.07, 6.45) is 0. The average Bonchev–Trinajstić information content (AvgIpc) is 2.80. The van der Waals surface area contributed by atoms with Crippen LogP contribution < -0.4 is 0 Å². The summed E-state index contributed by atoms with van der Waals surface area (Å²) in [7, 11) is 1.24. The Morgan fingerprint density at radius 1 is 1.26 bits per heavy atom. The van der Waals surface area contributed by atoms with Crippen molar-refractivity contribution in [3.63, 3.8) is 0 Å². The molecule has 1 aliphatic rings. The van der Waals surface area contributed by atoms with E-state index in [1.165, 1.54) is 12.0 Å². The van der Waals surface area contributed by atoms with Gasteiger partial charge in [-0.1, -0.05) is 17.7 Å². The van der Waals surface area contributed by atoms with Crippen molar-refractivity contribution in [2.45, 2.75) is 6.92 Å². The lowest BCUT2D eigenvalue weighted by molar-refractivity contribution is -0.147. The molecule has 1 aromatic carbocycles. The van der Waals surface area contributed by atoms with Crippen LogP contribution in [0.25, 0.3) is 0 Å². The molecule has 5 nitrogen and oxygen atoms in total. The molecule has 1 saturated heterocycles. The maximum absolute atomic E-state index is 12.2. The first-order chi connectivity index (χ1) is 9.02. The molecule has 1 unspecified atom stereocenters. The molecule has 1 fully saturated rings. The van der Waals surface area contributed by atoms with Gasteiger partial charge in [-0.3, -0.25) is 14.4 Å². The van der Waals surface area contributed by atoms with E-state index in [1.54, 1.807) is 12.1 Å². The van der Waals surface area contributed by atoms with Gasteiger partial charge in [-0.15, -0.1) is 0 Å². The third-order valence-electron chi connectivity index (χ3n) is 3.21. The van der Waals surface area contributed by atoms with Gasteiger partial charge in [-0.2, -0.15) is 0 Å². The smallest absolute Gasteiger partial charge is 0.318 e. The first-order valence-corrected chi connectivity index (χ1v) is 5.99. The first-order valence-electron chi connectivity index (χ1n) is 5.99. The molecule has 1 amide bonds. The number of aryl methyl sites for hydroxylation is 1. The summed E-state index contributed by atoms with van der Waals surface area (Å²) >= 11 is 0. The van der Waals surface area contributed by atoms with Crippen LogP contribution in [0, 0.1) is 12.8 Å². The van der Waals surface area contributed by atoms with E-state index < -0.39 is 11.9 Å². The Labute approximate surface area is 111 Å². The van der Waals surface area contributed by atoms with Crippen LogP contribution in [0.5, 0.6) is 0 Å². The molecule has 0 bridgehead atoms. The van der Waals surface area contributed by atoms with Gasteiger partial charge in [-0.25, -0.2) is 0 Å². The van der Waals surface area contributed by atoms with Gasteiger partial charge < -0.3 is 9.64 Å². The van der Waals surface area contributed by atoms with Crippen molar-refractivity contribution in [3.8, 4) is 0 Å². The molecular weight excluding hydrogens is 246 g/mol. The molecule has 2 rings (SSSR count). The van der Waals surface area contributed by atoms with E-state index in [9.17, 15) is 14.4 Å². The van der Waals surface area contributed by atoms with E-state index in [1.807, 2.05) is 19.1 Å². The minimum atomic E-state index is -0.848. The van der Waals surface area contributed by atoms with Crippen molar-refractivity contribution >= 4 is 17.7 Å². The fourth-order valence-electron chi connectivity index (χ4n) is 2.07. The summed E-state index contributed by atoms with van der Waals surface area (Å²) in [6, 6.07) is 7.10. The van der Waals surface area contributed by atoms with Gasteiger partial charge in [0.25, 0.3) is 5.91 Å². The van der Waals surface area contributed by atoms with E-state index >= 15 is 0 Å². The fraction of sp³-hybridized carbons (Fsp3) is 0.357. The molecule has 0 saturated carbocycles. The molecule has 0 N–H and O–H groups in total. The van der Waals surface area contributed by atoms with Crippen LogP contribution in [-0.2, 0) is 14.3 Å². The lowest BCUT2D eigenvalue weighted by Crippen LogP contribution is -2.30. The molecule has 0 aromatic heterocycles. The van der Waals surface area contributed by atoms with E-state index in [4.69, 9.17) is 0 Å². The van der Waals surface area contributed by atoms with Crippen molar-refractivity contribution in [1.82, 2.24) is 4.90 Å². The Kier molecular flexibility index (Phi) is 3.64. The number of esters is 1. The Morgan fingerprint density at radius 3 is 2.47 bits per heavy atom. The van der Waals surface area contributed by atoms with Crippen molar-refractivity contribution in [2.75, 3.05) is 20.2 Å². The number of rotatable bonds is 2. The molecule has 5 heteroatoms. The normalized spacial score (nSPS) is 18.5. The number of nitrogens with zero attached hydrogens (tertiary/aromatic N) is 1. The lowest BCUT2D eigenvalue weighted by atomic mass is 10.1. The molecule has 100 valence electrons. The van der Waals surface area contributed by atoms with Crippen LogP contribution in [0.3, 0.4) is 0 Å². The number of amides is 1. The number of likely N-dealkylation sites (tertiary alicyclic amines) is 1. The van der Waals surface area contributed by atoms with Gasteiger partial charge in [0.05, 0.1) is 13.7 Å². The number of hydrogen-bond acceptors (Lipinski definition) is 4. The predicted octanol–water partition coefficient (Wildman–Crippen LogP) is 0.809. The van der Waals surface area contributed by atoms with E-state index in [0.29, 0.717) is 5.56 Å². The van der Waals surface area contributed by atoms with Gasteiger partial charge >= 0.3 is 5.97 Å². The van der Waals surface area contributed by atoms with E-state index in [0.717, 1.165) is 5.56 Å². The lowest BCUT2D eigenvalue weighted by Gasteiger charge is -2.15. The quantitative estimate of drug-likeness (QED) is 0.584. The van der Waals surface area contributed by atoms with Gasteiger partial charge in [0.1, 0.15) is 5.92 Å². The largest absolute Gasteiger partial charge is 0.468 e. The summed E-state index contributed by atoms with van der Waals surface area (Å²) in [5, 5.41) is 0. The molecule has 1 aliphatic heterocycles. The van der Waals surface area contributed by atoms with Gasteiger partial charge in [0, 0.05) is 12.1 Å². The van der Waals surface area contributed by atoms with Crippen LogP contribution >= 0.6 is 0 Å². The first kappa shape index (κ1) is 13.3. The molecule has 0 spiro atoms. The van der Waals surface area contributed by atoms with Gasteiger partial charge in [-0.05, 0) is 19.1 Å². The highest BCUT2D eigenvalue weighted by atomic mass is 16.5. The third kappa shape index (κ3) is 2.65. The van der Waals surface area contributed by atoms with E-state index in [2.05, 4.69) is 4.74 Å². The number of benzene rings is 1. The second kappa shape index (κ2) is 5.22. The van der Waals surface area contributed by atoms with Crippen molar-refractivity contribution < 1.29 is 19.1 Å². The minimum absolute atomic E-state index is 0.0352. The number of hydrogen-bond donors (Lipinski definition) is 0. The molecule has 0 radical (unpaired) electrons. The van der Waals surface area contributed by atoms with Crippen LogP contribution in [0.2, 0.25) is 0 Å². The van der Waals surface area contributed by atoms with Crippen molar-refractivity contribution in [3.05, 3.63) is 35.4 Å². The van der Waals surface area contributed by atoms with Crippen LogP contribution in [-0.4, -0.2) is 42.8 Å². The number of carbonyl (C=O) groups excluding carboxylic acids is 3. The number of ether oxygens (including phenoxy) is 1. The molecule has 19 heavy (non-hydrogen) atoms. The zero-order chi connectivity index (χ0) is 14.0. The topological polar surface area (TPSA) is 63.7 Å². The number of carbonyl (C=O) groups is 3. The highest BCUT2D eigenvalue weighted by molar-refractivity contribution is 6.06. The van der Waals surface area contributed by atoms with Crippen molar-refractivity contribution in [2.24, 2.45) is 5.92 Å². The fourth-order valence-corrected chi connectivity index (χ4v) is 2.07. The summed E-state index contributed by atoms with van der Waals surface area (Å²) in [4.78, 5) is 36.6. The molecule has 0 aliphatic carbocycles. The number of Topliss-reactive ketones (excluding diaryl/α,β-unsaturated/α-hetero) is 1. The zero-order valence-corrected chi connectivity index (χ0v) is 10.9. The molecule has 1 aromatic rings. The van der Waals surface area contributed by atoms with Crippen LogP contribution in [0.1, 0.15) is 15.9 Å². The Balaban J connectivity index is 2.12. The number of ketones is 1. The maximum atomic E-state index is 12.2. The second-order valence-electron chi connectivity index (χ2n) is 4.59. The summed E-state index contributed by atoms with van der Waals surface area (Å²) in [6.45, 7) is 1.99. The van der Waals surface area contributed by atoms with Crippen LogP contribution in [0.15, 0.2) is 24.3 Å². The summed E-state index contributed by atoms with van der Waals surface area (Å²) in [5.41, 5.74) is 1.57.